The molecule has 0 unspecified atom stereocenters. The molecule has 0 spiro atoms. The van der Waals surface area contributed by atoms with Crippen LogP contribution in [0, 0.1) is 23.2 Å². The lowest BCUT2D eigenvalue weighted by atomic mass is 9.52. The summed E-state index contributed by atoms with van der Waals surface area (Å²) >= 11 is 0. The lowest BCUT2D eigenvalue weighted by molar-refractivity contribution is -0.119. The molecule has 0 heterocycles. The van der Waals surface area contributed by atoms with Gasteiger partial charge in [0.2, 0.25) is 0 Å². The Morgan fingerprint density at radius 1 is 0.944 bits per heavy atom. The van der Waals surface area contributed by atoms with Crippen LogP contribution in [-0.4, -0.2) is 22.1 Å². The number of carbonyl (C=O) groups is 1. The van der Waals surface area contributed by atoms with E-state index >= 15 is 0 Å². The van der Waals surface area contributed by atoms with E-state index in [0.717, 1.165) is 51.4 Å². The quantitative estimate of drug-likeness (QED) is 0.254. The van der Waals surface area contributed by atoms with Gasteiger partial charge in [-0.15, -0.1) is 0 Å². The lowest BCUT2D eigenvalue weighted by Gasteiger charge is -2.53. The van der Waals surface area contributed by atoms with Gasteiger partial charge in [-0.25, -0.2) is 0 Å². The molecule has 0 aromatic heterocycles. The first-order valence-corrected chi connectivity index (χ1v) is 15.5. The molecule has 3 aliphatic rings. The van der Waals surface area contributed by atoms with Crippen LogP contribution in [0.15, 0.2) is 18.2 Å². The zero-order valence-electron chi connectivity index (χ0n) is 23.1. The average Bonchev–Trinajstić information content (AvgIpc) is 3.17. The topological polar surface area (TPSA) is 57.5 Å². The van der Waals surface area contributed by atoms with E-state index in [1.807, 2.05) is 12.1 Å². The van der Waals surface area contributed by atoms with E-state index < -0.39 is 0 Å². The van der Waals surface area contributed by atoms with Gasteiger partial charge in [0.05, 0.1) is 6.10 Å². The molecule has 0 saturated heterocycles. The number of aromatic hydroxyl groups is 1. The Morgan fingerprint density at radius 2 is 1.64 bits per heavy atom. The second-order valence-corrected chi connectivity index (χ2v) is 12.8. The van der Waals surface area contributed by atoms with Crippen molar-refractivity contribution in [2.75, 3.05) is 0 Å². The lowest BCUT2D eigenvalue weighted by Crippen LogP contribution is -2.47. The summed E-state index contributed by atoms with van der Waals surface area (Å²) < 4.78 is 0. The summed E-state index contributed by atoms with van der Waals surface area (Å²) in [5.41, 5.74) is 2.98. The van der Waals surface area contributed by atoms with Gasteiger partial charge in [-0.2, -0.15) is 0 Å². The zero-order valence-corrected chi connectivity index (χ0v) is 23.1. The third kappa shape index (κ3) is 6.37. The number of phenolic OH excluding ortho intramolecular Hbond substituents is 1. The molecular weight excluding hydrogens is 444 g/mol. The Bertz CT molecular complexity index is 847. The van der Waals surface area contributed by atoms with Crippen molar-refractivity contribution in [2.24, 2.45) is 23.2 Å². The normalized spacial score (nSPS) is 31.0. The Morgan fingerprint density at radius 3 is 2.39 bits per heavy atom. The minimum absolute atomic E-state index is 0.106. The molecule has 0 radical (unpaired) electrons. The number of carbonyl (C=O) groups excluding carboxylic acids is 1. The van der Waals surface area contributed by atoms with Crippen molar-refractivity contribution >= 4 is 5.78 Å². The first-order chi connectivity index (χ1) is 17.4. The molecule has 3 aliphatic carbocycles. The van der Waals surface area contributed by atoms with Crippen molar-refractivity contribution in [1.82, 2.24) is 0 Å². The molecule has 3 heteroatoms. The van der Waals surface area contributed by atoms with Crippen molar-refractivity contribution in [1.29, 1.82) is 0 Å². The molecule has 2 fully saturated rings. The molecule has 2 N–H and O–H groups in total. The molecule has 36 heavy (non-hydrogen) atoms. The molecular formula is C33H52O3. The Hall–Kier alpha value is -1.35. The first-order valence-electron chi connectivity index (χ1n) is 15.5. The third-order valence-electron chi connectivity index (χ3n) is 10.4. The summed E-state index contributed by atoms with van der Waals surface area (Å²) in [5.74, 6) is 3.50. The van der Waals surface area contributed by atoms with Gasteiger partial charge in [0.15, 0.2) is 0 Å². The highest BCUT2D eigenvalue weighted by atomic mass is 16.3. The maximum atomic E-state index is 11.8. The largest absolute Gasteiger partial charge is 0.508 e. The van der Waals surface area contributed by atoms with Gasteiger partial charge in [-0.05, 0) is 104 Å². The number of unbranched alkanes of at least 4 members (excludes halogenated alkanes) is 8. The molecule has 202 valence electrons. The molecule has 4 rings (SSSR count). The van der Waals surface area contributed by atoms with Crippen LogP contribution in [0.5, 0.6) is 5.75 Å². The van der Waals surface area contributed by atoms with Crippen LogP contribution in [0.3, 0.4) is 0 Å². The van der Waals surface area contributed by atoms with Gasteiger partial charge >= 0.3 is 0 Å². The van der Waals surface area contributed by atoms with Crippen LogP contribution in [0.4, 0.5) is 0 Å². The molecule has 6 atom stereocenters. The SMILES string of the molecule is CCCCC(=O)CCCCCCCCCC[C@@H]1Cc2cc(O)ccc2[C@H]2CC[C@]3(C)[C@@H](O)CC[C@H]3[C@H]12. The summed E-state index contributed by atoms with van der Waals surface area (Å²) in [4.78, 5) is 11.8. The van der Waals surface area contributed by atoms with Gasteiger partial charge in [0.1, 0.15) is 11.5 Å². The Balaban J connectivity index is 1.22. The highest BCUT2D eigenvalue weighted by Crippen LogP contribution is 2.62. The Labute approximate surface area is 220 Å². The number of ketones is 1. The summed E-state index contributed by atoms with van der Waals surface area (Å²) in [5, 5.41) is 21.0. The molecule has 2 saturated carbocycles. The van der Waals surface area contributed by atoms with Crippen LogP contribution in [-0.2, 0) is 11.2 Å². The van der Waals surface area contributed by atoms with Gasteiger partial charge < -0.3 is 10.2 Å². The Kier molecular flexibility index (Phi) is 9.95. The molecule has 3 nitrogen and oxygen atoms in total. The smallest absolute Gasteiger partial charge is 0.132 e. The molecule has 1 aromatic rings. The van der Waals surface area contributed by atoms with E-state index in [-0.39, 0.29) is 11.5 Å². The van der Waals surface area contributed by atoms with E-state index in [0.29, 0.717) is 35.2 Å². The monoisotopic (exact) mass is 496 g/mol. The average molecular weight is 497 g/mol. The predicted molar refractivity (Wildman–Crippen MR) is 148 cm³/mol. The number of aliphatic hydroxyl groups is 1. The fourth-order valence-corrected chi connectivity index (χ4v) is 8.32. The maximum Gasteiger partial charge on any atom is 0.132 e. The van der Waals surface area contributed by atoms with Crippen LogP contribution in [0.2, 0.25) is 0 Å². The number of Topliss-reactive ketones (excluding diaryl/α,β-unsaturated/α-hetero) is 1. The van der Waals surface area contributed by atoms with Crippen LogP contribution in [0.25, 0.3) is 0 Å². The minimum atomic E-state index is -0.125. The standard InChI is InChI=1S/C33H52O3/c1-3-4-14-26(34)15-12-10-8-6-5-7-9-11-13-24-22-25-23-27(35)16-17-28(25)29-20-21-33(2)30(32(24)29)18-19-31(33)36/h16-17,23-24,29-32,35-36H,3-15,18-22H2,1-2H3/t24-,29-,30+,31+,32-,33+/m1/s1. The second kappa shape index (κ2) is 12.9. The van der Waals surface area contributed by atoms with Crippen LogP contribution < -0.4 is 0 Å². The maximum absolute atomic E-state index is 11.8. The van der Waals surface area contributed by atoms with E-state index in [4.69, 9.17) is 0 Å². The van der Waals surface area contributed by atoms with Gasteiger partial charge in [0, 0.05) is 12.8 Å². The van der Waals surface area contributed by atoms with Gasteiger partial charge in [-0.3, -0.25) is 4.79 Å². The summed E-state index contributed by atoms with van der Waals surface area (Å²) in [7, 11) is 0. The van der Waals surface area contributed by atoms with Crippen molar-refractivity contribution in [3.63, 3.8) is 0 Å². The third-order valence-corrected chi connectivity index (χ3v) is 10.4. The van der Waals surface area contributed by atoms with Crippen LogP contribution in [0.1, 0.15) is 140 Å². The number of rotatable bonds is 14. The van der Waals surface area contributed by atoms with Gasteiger partial charge in [0.25, 0.3) is 0 Å². The summed E-state index contributed by atoms with van der Waals surface area (Å²) in [6.07, 6.45) is 20.7. The highest BCUT2D eigenvalue weighted by molar-refractivity contribution is 5.78. The fourth-order valence-electron chi connectivity index (χ4n) is 8.32. The number of fused-ring (bicyclic) bond motifs is 5. The summed E-state index contributed by atoms with van der Waals surface area (Å²) in [6.45, 7) is 4.52. The van der Waals surface area contributed by atoms with Gasteiger partial charge in [-0.1, -0.05) is 71.3 Å². The summed E-state index contributed by atoms with van der Waals surface area (Å²) in [6, 6.07) is 6.12. The molecule has 0 aliphatic heterocycles. The predicted octanol–water partition coefficient (Wildman–Crippen LogP) is 8.50. The number of aliphatic hydroxyl groups excluding tert-OH is 1. The number of hydrogen-bond acceptors (Lipinski definition) is 3. The number of benzene rings is 1. The molecule has 1 aromatic carbocycles. The first kappa shape index (κ1) is 27.7. The minimum Gasteiger partial charge on any atom is -0.508 e. The fraction of sp³-hybridized carbons (Fsp3) is 0.788. The van der Waals surface area contributed by atoms with E-state index in [9.17, 15) is 15.0 Å². The molecule has 0 bridgehead atoms. The zero-order chi connectivity index (χ0) is 25.5. The van der Waals surface area contributed by atoms with Crippen molar-refractivity contribution in [3.05, 3.63) is 29.3 Å². The van der Waals surface area contributed by atoms with E-state index in [1.165, 1.54) is 75.3 Å². The van der Waals surface area contributed by atoms with Crippen molar-refractivity contribution < 1.29 is 15.0 Å². The molecule has 0 amide bonds. The van der Waals surface area contributed by atoms with Crippen molar-refractivity contribution in [2.45, 2.75) is 141 Å². The number of hydrogen-bond donors (Lipinski definition) is 2. The van der Waals surface area contributed by atoms with Crippen LogP contribution >= 0.6 is 0 Å². The van der Waals surface area contributed by atoms with Crippen molar-refractivity contribution in [3.8, 4) is 5.75 Å². The van der Waals surface area contributed by atoms with E-state index in [1.54, 1.807) is 0 Å². The number of phenols is 1. The van der Waals surface area contributed by atoms with E-state index in [2.05, 4.69) is 19.9 Å². The second-order valence-electron chi connectivity index (χ2n) is 12.8. The highest BCUT2D eigenvalue weighted by Gasteiger charge is 2.56.